The number of nitroso groups, excluding NO2 is 1. The van der Waals surface area contributed by atoms with Crippen molar-refractivity contribution in [3.8, 4) is 0 Å². The van der Waals surface area contributed by atoms with Crippen LogP contribution in [0.25, 0.3) is 0 Å². The van der Waals surface area contributed by atoms with Crippen molar-refractivity contribution in [1.82, 2.24) is 0 Å². The maximum atomic E-state index is 11.6. The summed E-state index contributed by atoms with van der Waals surface area (Å²) in [5.41, 5.74) is 1.51. The van der Waals surface area contributed by atoms with E-state index in [1.165, 1.54) is 18.2 Å². The van der Waals surface area contributed by atoms with E-state index in [1.54, 1.807) is 24.3 Å². The van der Waals surface area contributed by atoms with Crippen LogP contribution in [0, 0.1) is 11.8 Å². The first-order chi connectivity index (χ1) is 9.43. The lowest BCUT2D eigenvalue weighted by atomic mass is 10.2. The zero-order valence-corrected chi connectivity index (χ0v) is 11.5. The first kappa shape index (κ1) is 14.2. The van der Waals surface area contributed by atoms with Gasteiger partial charge in [-0.3, -0.25) is 0 Å². The molecule has 2 rings (SSSR count). The topological polar surface area (TPSA) is 92.8 Å². The molecule has 2 N–H and O–H groups in total. The molecule has 6 nitrogen and oxygen atoms in total. The molecule has 0 fully saturated rings. The Labute approximate surface area is 116 Å². The number of rotatable bonds is 4. The van der Waals surface area contributed by atoms with Gasteiger partial charge in [-0.25, -0.2) is 13.6 Å². The number of hydrogen-bond acceptors (Lipinski definition) is 4. The summed E-state index contributed by atoms with van der Waals surface area (Å²) in [6, 6.07) is 12.9. The molecule has 0 radical (unpaired) electrons. The normalized spacial score (nSPS) is 11.1. The molecule has 0 spiro atoms. The number of hydrogen-bond donors (Lipinski definition) is 1. The van der Waals surface area contributed by atoms with Crippen LogP contribution in [0.4, 0.5) is 11.4 Å². The molecule has 2 aromatic rings. The first-order valence-corrected chi connectivity index (χ1v) is 7.30. The predicted molar refractivity (Wildman–Crippen MR) is 76.9 cm³/mol. The molecule has 0 unspecified atom stereocenters. The average molecular weight is 291 g/mol. The van der Waals surface area contributed by atoms with Crippen LogP contribution in [-0.4, -0.2) is 8.42 Å². The Morgan fingerprint density at radius 2 is 1.80 bits per heavy atom. The third-order valence-corrected chi connectivity index (χ3v) is 3.69. The van der Waals surface area contributed by atoms with E-state index in [4.69, 9.17) is 5.14 Å². The molecular weight excluding hydrogens is 278 g/mol. The molecule has 0 saturated heterocycles. The minimum atomic E-state index is -3.95. The number of nitrogens with two attached hydrogens (primary N) is 1. The van der Waals surface area contributed by atoms with Crippen molar-refractivity contribution in [2.75, 3.05) is 5.01 Å². The molecule has 20 heavy (non-hydrogen) atoms. The SMILES string of the molecule is Cc1cccc(N(N=O)c2ccccc2S(N)(=O)=O)c1. The molecule has 0 heterocycles. The lowest BCUT2D eigenvalue weighted by Gasteiger charge is -2.18. The van der Waals surface area contributed by atoms with E-state index >= 15 is 0 Å². The van der Waals surface area contributed by atoms with Crippen LogP contribution < -0.4 is 10.1 Å². The Hall–Kier alpha value is -2.25. The molecule has 0 aliphatic rings. The predicted octanol–water partition coefficient (Wildman–Crippen LogP) is 2.46. The summed E-state index contributed by atoms with van der Waals surface area (Å²) in [7, 11) is -3.95. The van der Waals surface area contributed by atoms with Gasteiger partial charge in [0.25, 0.3) is 0 Å². The van der Waals surface area contributed by atoms with Gasteiger partial charge in [-0.15, -0.1) is 4.91 Å². The molecule has 0 aliphatic heterocycles. The lowest BCUT2D eigenvalue weighted by Crippen LogP contribution is -2.17. The third kappa shape index (κ3) is 2.84. The fourth-order valence-corrected chi connectivity index (χ4v) is 2.58. The zero-order valence-electron chi connectivity index (χ0n) is 10.7. The van der Waals surface area contributed by atoms with Crippen LogP contribution in [0.15, 0.2) is 58.7 Å². The highest BCUT2D eigenvalue weighted by molar-refractivity contribution is 7.89. The number of primary sulfonamides is 1. The number of sulfonamides is 1. The van der Waals surface area contributed by atoms with Crippen LogP contribution in [-0.2, 0) is 10.0 Å². The number of nitrogens with zero attached hydrogens (tertiary/aromatic N) is 2. The van der Waals surface area contributed by atoms with Crippen LogP contribution >= 0.6 is 0 Å². The van der Waals surface area contributed by atoms with E-state index in [1.807, 2.05) is 13.0 Å². The fraction of sp³-hybridized carbons (Fsp3) is 0.0769. The van der Waals surface area contributed by atoms with Crippen molar-refractivity contribution in [2.45, 2.75) is 11.8 Å². The minimum Gasteiger partial charge on any atom is -0.225 e. The molecule has 2 aromatic carbocycles. The van der Waals surface area contributed by atoms with Crippen LogP contribution in [0.1, 0.15) is 5.56 Å². The molecular formula is C13H13N3O3S. The lowest BCUT2D eigenvalue weighted by molar-refractivity contribution is 0.597. The second-order valence-corrected chi connectivity index (χ2v) is 5.78. The Morgan fingerprint density at radius 1 is 1.10 bits per heavy atom. The Bertz CT molecular complexity index is 744. The van der Waals surface area contributed by atoms with Crippen molar-refractivity contribution in [3.05, 3.63) is 59.0 Å². The molecule has 7 heteroatoms. The van der Waals surface area contributed by atoms with E-state index in [0.29, 0.717) is 5.69 Å². The maximum absolute atomic E-state index is 11.6. The van der Waals surface area contributed by atoms with E-state index in [0.717, 1.165) is 10.6 Å². The third-order valence-electron chi connectivity index (χ3n) is 2.73. The van der Waals surface area contributed by atoms with Crippen molar-refractivity contribution >= 4 is 21.4 Å². The van der Waals surface area contributed by atoms with Gasteiger partial charge < -0.3 is 0 Å². The molecule has 0 bridgehead atoms. The van der Waals surface area contributed by atoms with Gasteiger partial charge >= 0.3 is 0 Å². The van der Waals surface area contributed by atoms with Crippen LogP contribution in [0.3, 0.4) is 0 Å². The van der Waals surface area contributed by atoms with Gasteiger partial charge in [0.15, 0.2) is 0 Å². The van der Waals surface area contributed by atoms with Crippen LogP contribution in [0.2, 0.25) is 0 Å². The Kier molecular flexibility index (Phi) is 3.82. The van der Waals surface area contributed by atoms with Gasteiger partial charge in [0.05, 0.1) is 16.7 Å². The van der Waals surface area contributed by atoms with E-state index in [9.17, 15) is 13.3 Å². The highest BCUT2D eigenvalue weighted by Gasteiger charge is 2.20. The summed E-state index contributed by atoms with van der Waals surface area (Å²) in [5.74, 6) is 0. The van der Waals surface area contributed by atoms with Gasteiger partial charge in [0, 0.05) is 0 Å². The zero-order chi connectivity index (χ0) is 14.8. The van der Waals surface area contributed by atoms with Crippen molar-refractivity contribution in [3.63, 3.8) is 0 Å². The summed E-state index contributed by atoms with van der Waals surface area (Å²) in [5, 5.41) is 9.07. The number of aryl methyl sites for hydroxylation is 1. The summed E-state index contributed by atoms with van der Waals surface area (Å²) in [6.07, 6.45) is 0. The molecule has 0 aliphatic carbocycles. The number of para-hydroxylation sites is 1. The molecule has 0 saturated carbocycles. The monoisotopic (exact) mass is 291 g/mol. The van der Waals surface area contributed by atoms with Gasteiger partial charge in [0.2, 0.25) is 10.0 Å². The summed E-state index contributed by atoms with van der Waals surface area (Å²) in [6.45, 7) is 1.86. The first-order valence-electron chi connectivity index (χ1n) is 5.75. The fourth-order valence-electron chi connectivity index (χ4n) is 1.86. The number of anilines is 2. The Balaban J connectivity index is 2.62. The highest BCUT2D eigenvalue weighted by Crippen LogP contribution is 2.31. The molecule has 0 atom stereocenters. The van der Waals surface area contributed by atoms with Gasteiger partial charge in [-0.05, 0) is 36.8 Å². The Morgan fingerprint density at radius 3 is 2.40 bits per heavy atom. The van der Waals surface area contributed by atoms with Gasteiger partial charge in [-0.2, -0.15) is 5.01 Å². The minimum absolute atomic E-state index is 0.121. The molecule has 0 aromatic heterocycles. The largest absolute Gasteiger partial charge is 0.240 e. The number of benzene rings is 2. The van der Waals surface area contributed by atoms with Gasteiger partial charge in [0.1, 0.15) is 4.90 Å². The second kappa shape index (κ2) is 5.40. The van der Waals surface area contributed by atoms with E-state index in [-0.39, 0.29) is 10.6 Å². The van der Waals surface area contributed by atoms with Crippen molar-refractivity contribution in [2.24, 2.45) is 10.4 Å². The highest BCUT2D eigenvalue weighted by atomic mass is 32.2. The van der Waals surface area contributed by atoms with Gasteiger partial charge in [-0.1, -0.05) is 24.3 Å². The maximum Gasteiger partial charge on any atom is 0.240 e. The summed E-state index contributed by atoms with van der Waals surface area (Å²) in [4.78, 5) is 11.0. The van der Waals surface area contributed by atoms with Crippen molar-refractivity contribution in [1.29, 1.82) is 0 Å². The summed E-state index contributed by atoms with van der Waals surface area (Å²) < 4.78 is 23.2. The van der Waals surface area contributed by atoms with Crippen molar-refractivity contribution < 1.29 is 8.42 Å². The smallest absolute Gasteiger partial charge is 0.225 e. The average Bonchev–Trinajstić information content (AvgIpc) is 2.39. The van der Waals surface area contributed by atoms with Crippen LogP contribution in [0.5, 0.6) is 0 Å². The summed E-state index contributed by atoms with van der Waals surface area (Å²) >= 11 is 0. The second-order valence-electron chi connectivity index (χ2n) is 4.25. The quantitative estimate of drug-likeness (QED) is 0.691. The van der Waals surface area contributed by atoms with E-state index < -0.39 is 10.0 Å². The molecule has 0 amide bonds. The molecule has 104 valence electrons. The standard InChI is InChI=1S/C13H13N3O3S/c1-10-5-4-6-11(9-10)16(15-17)12-7-2-3-8-13(12)20(14,18)19/h2-9H,1H3,(H2,14,18,19). The van der Waals surface area contributed by atoms with E-state index in [2.05, 4.69) is 5.29 Å².